The van der Waals surface area contributed by atoms with Crippen molar-refractivity contribution in [1.29, 1.82) is 0 Å². The molecule has 0 aliphatic rings. The van der Waals surface area contributed by atoms with Gasteiger partial charge in [-0.1, -0.05) is 51.1 Å². The molecule has 268 valence electrons. The predicted molar refractivity (Wildman–Crippen MR) is 168 cm³/mol. The molecular weight excluding hydrogens is 659 g/mol. The van der Waals surface area contributed by atoms with Crippen molar-refractivity contribution in [2.75, 3.05) is 13.2 Å². The number of carbonyl (C=O) groups excluding carboxylic acids is 2. The number of aliphatic carboxylic acids is 2. The molecule has 0 fully saturated rings. The van der Waals surface area contributed by atoms with E-state index >= 15 is 0 Å². The molecule has 49 heavy (non-hydrogen) atoms. The molecule has 0 bridgehead atoms. The Morgan fingerprint density at radius 3 is 2.08 bits per heavy atom. The van der Waals surface area contributed by atoms with Gasteiger partial charge in [0, 0.05) is 36.1 Å². The van der Waals surface area contributed by atoms with Crippen LogP contribution in [0.15, 0.2) is 60.8 Å². The number of nitrogens with zero attached hydrogens (tertiary/aromatic N) is 2. The van der Waals surface area contributed by atoms with Gasteiger partial charge in [0.05, 0.1) is 12.1 Å². The molecule has 2 aromatic carbocycles. The molecule has 1 aromatic heterocycles. The number of carboxylic acids is 2. The first-order chi connectivity index (χ1) is 22.7. The Labute approximate surface area is 279 Å². The van der Waals surface area contributed by atoms with Crippen molar-refractivity contribution >= 4 is 23.8 Å². The fourth-order valence-corrected chi connectivity index (χ4v) is 4.89. The van der Waals surface area contributed by atoms with Crippen molar-refractivity contribution in [3.8, 4) is 11.1 Å². The minimum absolute atomic E-state index is 0.0265. The molecule has 0 unspecified atom stereocenters. The van der Waals surface area contributed by atoms with Gasteiger partial charge < -0.3 is 35.8 Å². The summed E-state index contributed by atoms with van der Waals surface area (Å²) in [7, 11) is 0. The molecule has 0 spiro atoms. The molecule has 3 rings (SSSR count). The Bertz CT molecular complexity index is 1610. The average molecular weight is 699 g/mol. The number of alkyl halides is 3. The lowest BCUT2D eigenvalue weighted by molar-refractivity contribution is -0.192. The van der Waals surface area contributed by atoms with Gasteiger partial charge in [-0.2, -0.15) is 13.2 Å². The number of benzene rings is 2. The van der Waals surface area contributed by atoms with E-state index in [1.54, 1.807) is 12.3 Å². The lowest BCUT2D eigenvalue weighted by atomic mass is 9.82. The summed E-state index contributed by atoms with van der Waals surface area (Å²) in [6.07, 6.45) is -3.41. The summed E-state index contributed by atoms with van der Waals surface area (Å²) in [6, 6.07) is 11.4. The monoisotopic (exact) mass is 698 g/mol. The van der Waals surface area contributed by atoms with E-state index in [9.17, 15) is 41.4 Å². The highest BCUT2D eigenvalue weighted by Gasteiger charge is 2.39. The third-order valence-corrected chi connectivity index (χ3v) is 7.22. The zero-order valence-corrected chi connectivity index (χ0v) is 27.2. The van der Waals surface area contributed by atoms with Crippen LogP contribution in [0.3, 0.4) is 0 Å². The predicted octanol–water partition coefficient (Wildman–Crippen LogP) is 4.33. The SMILES string of the molecule is C[C@H](NC(=O)[C@@H](N)CCN(C(=O)CO)[C@@H](c1cc(-c2cc(F)ccc2F)cn1Cc1ccccc1)C(C)(C)C)C(=O)O.O=C(O)C(F)(F)F. The fourth-order valence-electron chi connectivity index (χ4n) is 4.89. The van der Waals surface area contributed by atoms with Crippen LogP contribution in [0, 0.1) is 17.0 Å². The first-order valence-corrected chi connectivity index (χ1v) is 14.9. The van der Waals surface area contributed by atoms with E-state index in [-0.39, 0.29) is 18.5 Å². The number of nitrogens with two attached hydrogens (primary N) is 1. The number of nitrogens with one attached hydrogen (secondary N) is 1. The van der Waals surface area contributed by atoms with Gasteiger partial charge in [-0.25, -0.2) is 13.6 Å². The van der Waals surface area contributed by atoms with Gasteiger partial charge in [-0.15, -0.1) is 0 Å². The second kappa shape index (κ2) is 17.0. The number of aliphatic hydroxyl groups is 1. The molecule has 0 saturated heterocycles. The van der Waals surface area contributed by atoms with E-state index in [4.69, 9.17) is 20.7 Å². The molecule has 3 aromatic rings. The van der Waals surface area contributed by atoms with E-state index in [0.29, 0.717) is 17.8 Å². The minimum Gasteiger partial charge on any atom is -0.480 e. The van der Waals surface area contributed by atoms with Crippen LogP contribution in [-0.4, -0.2) is 80.0 Å². The number of halogens is 5. The van der Waals surface area contributed by atoms with E-state index in [0.717, 1.165) is 23.8 Å². The molecular formula is C33H39F5N4O7. The maximum absolute atomic E-state index is 14.9. The van der Waals surface area contributed by atoms with Gasteiger partial charge in [0.2, 0.25) is 11.8 Å². The van der Waals surface area contributed by atoms with Gasteiger partial charge in [-0.3, -0.25) is 14.4 Å². The highest BCUT2D eigenvalue weighted by atomic mass is 19.4. The van der Waals surface area contributed by atoms with Crippen LogP contribution >= 0.6 is 0 Å². The van der Waals surface area contributed by atoms with Crippen molar-refractivity contribution in [2.45, 2.75) is 65.0 Å². The van der Waals surface area contributed by atoms with Crippen molar-refractivity contribution in [2.24, 2.45) is 11.1 Å². The van der Waals surface area contributed by atoms with E-state index < -0.39 is 71.7 Å². The van der Waals surface area contributed by atoms with Crippen LogP contribution in [0.25, 0.3) is 11.1 Å². The second-order valence-electron chi connectivity index (χ2n) is 12.2. The highest BCUT2D eigenvalue weighted by molar-refractivity contribution is 5.86. The number of rotatable bonds is 12. The minimum atomic E-state index is -5.08. The molecule has 6 N–H and O–H groups in total. The lowest BCUT2D eigenvalue weighted by Gasteiger charge is -2.41. The third kappa shape index (κ3) is 11.7. The summed E-state index contributed by atoms with van der Waals surface area (Å²) in [5.74, 6) is -6.49. The van der Waals surface area contributed by atoms with Crippen molar-refractivity contribution < 1.29 is 56.4 Å². The Balaban J connectivity index is 0.00000107. The molecule has 0 aliphatic carbocycles. The van der Waals surface area contributed by atoms with Gasteiger partial charge in [0.15, 0.2) is 0 Å². The van der Waals surface area contributed by atoms with Crippen molar-refractivity contribution in [1.82, 2.24) is 14.8 Å². The first-order valence-electron chi connectivity index (χ1n) is 14.9. The quantitative estimate of drug-likeness (QED) is 0.174. The summed E-state index contributed by atoms with van der Waals surface area (Å²) < 4.78 is 62.6. The Morgan fingerprint density at radius 2 is 1.57 bits per heavy atom. The zero-order chi connectivity index (χ0) is 37.3. The molecule has 0 radical (unpaired) electrons. The average Bonchev–Trinajstić information content (AvgIpc) is 3.41. The van der Waals surface area contributed by atoms with Crippen LogP contribution in [-0.2, 0) is 25.7 Å². The topological polar surface area (TPSA) is 175 Å². The molecule has 16 heteroatoms. The van der Waals surface area contributed by atoms with Crippen LogP contribution in [0.2, 0.25) is 0 Å². The third-order valence-electron chi connectivity index (χ3n) is 7.22. The summed E-state index contributed by atoms with van der Waals surface area (Å²) in [5.41, 5.74) is 7.41. The molecule has 1 heterocycles. The number of carbonyl (C=O) groups is 4. The maximum Gasteiger partial charge on any atom is 0.490 e. The Hall–Kier alpha value is -4.83. The van der Waals surface area contributed by atoms with E-state index in [1.165, 1.54) is 11.8 Å². The van der Waals surface area contributed by atoms with Gasteiger partial charge in [-0.05, 0) is 48.6 Å². The van der Waals surface area contributed by atoms with Crippen LogP contribution < -0.4 is 11.1 Å². The Kier molecular flexibility index (Phi) is 14.0. The molecule has 11 nitrogen and oxygen atoms in total. The number of hydrogen-bond acceptors (Lipinski definition) is 6. The van der Waals surface area contributed by atoms with Crippen LogP contribution in [0.4, 0.5) is 22.0 Å². The number of aromatic nitrogens is 1. The van der Waals surface area contributed by atoms with Crippen LogP contribution in [0.1, 0.15) is 51.4 Å². The second-order valence-corrected chi connectivity index (χ2v) is 12.2. The number of hydrogen-bond donors (Lipinski definition) is 5. The first kappa shape index (κ1) is 40.3. The van der Waals surface area contributed by atoms with Crippen molar-refractivity contribution in [3.63, 3.8) is 0 Å². The van der Waals surface area contributed by atoms with Gasteiger partial charge in [0.1, 0.15) is 24.3 Å². The molecule has 3 atom stereocenters. The summed E-state index contributed by atoms with van der Waals surface area (Å²) in [6.45, 7) is 6.52. The lowest BCUT2D eigenvalue weighted by Crippen LogP contribution is -2.50. The molecule has 0 aliphatic heterocycles. The van der Waals surface area contributed by atoms with Crippen LogP contribution in [0.5, 0.6) is 0 Å². The van der Waals surface area contributed by atoms with E-state index in [2.05, 4.69) is 5.32 Å². The van der Waals surface area contributed by atoms with Gasteiger partial charge in [0.25, 0.3) is 0 Å². The summed E-state index contributed by atoms with van der Waals surface area (Å²) in [4.78, 5) is 47.2. The maximum atomic E-state index is 14.9. The molecule has 2 amide bonds. The number of amides is 2. The highest BCUT2D eigenvalue weighted by Crippen LogP contribution is 2.41. The normalized spacial score (nSPS) is 13.4. The smallest absolute Gasteiger partial charge is 0.480 e. The molecule has 0 saturated carbocycles. The van der Waals surface area contributed by atoms with E-state index in [1.807, 2.05) is 55.7 Å². The fraction of sp³-hybridized carbons (Fsp3) is 0.394. The van der Waals surface area contributed by atoms with Crippen molar-refractivity contribution in [3.05, 3.63) is 83.7 Å². The Morgan fingerprint density at radius 1 is 0.980 bits per heavy atom. The largest absolute Gasteiger partial charge is 0.490 e. The number of aliphatic hydroxyl groups excluding tert-OH is 1. The standard InChI is InChI=1S/C31H38F2N4O5.C2HF3O2/c1-19(30(41)42)35-29(40)25(34)12-13-37(27(39)18-38)28(31(2,3)4)26-14-21(23-15-22(32)10-11-24(23)33)17-36(26)16-20-8-6-5-7-9-20;3-2(4,5)1(6)7/h5-11,14-15,17,19,25,28,38H,12-13,16,18,34H2,1-4H3,(H,35,40)(H,41,42);(H,6,7)/t19-,25-,28-;/m0./s1. The summed E-state index contributed by atoms with van der Waals surface area (Å²) in [5, 5.41) is 28.4. The number of carboxylic acid groups (broad SMARTS) is 2. The zero-order valence-electron chi connectivity index (χ0n) is 27.2. The van der Waals surface area contributed by atoms with Gasteiger partial charge >= 0.3 is 18.1 Å². The summed E-state index contributed by atoms with van der Waals surface area (Å²) >= 11 is 0.